The lowest BCUT2D eigenvalue weighted by molar-refractivity contribution is 0.0994. The smallest absolute Gasteiger partial charge is 0.267 e. The Hall–Kier alpha value is -1.03. The topological polar surface area (TPSA) is 56.0 Å². The fourth-order valence-corrected chi connectivity index (χ4v) is 0.998. The minimum Gasteiger partial charge on any atom is -0.364 e. The molecule has 1 amide bonds. The molecule has 0 bridgehead atoms. The van der Waals surface area contributed by atoms with Gasteiger partial charge in [0, 0.05) is 6.07 Å². The Morgan fingerprint density at radius 2 is 2.55 bits per heavy atom. The fraction of sp³-hybridized carbons (Fsp3) is 0.143. The molecule has 11 heavy (non-hydrogen) atoms. The summed E-state index contributed by atoms with van der Waals surface area (Å²) in [4.78, 5) is 14.5. The van der Waals surface area contributed by atoms with E-state index in [4.69, 9.17) is 5.73 Å². The van der Waals surface area contributed by atoms with Crippen LogP contribution in [0.1, 0.15) is 10.5 Å². The molecule has 2 N–H and O–H groups in total. The Morgan fingerprint density at radius 3 is 3.09 bits per heavy atom. The predicted molar refractivity (Wildman–Crippen MR) is 43.4 cm³/mol. The molecule has 57 valence electrons. The maximum absolute atomic E-state index is 10.6. The van der Waals surface area contributed by atoms with Crippen LogP contribution in [0, 0.1) is 6.07 Å². The van der Waals surface area contributed by atoms with E-state index in [0.29, 0.717) is 0 Å². The molecule has 4 heteroatoms. The molecule has 0 aliphatic rings. The first-order valence-corrected chi connectivity index (χ1v) is 4.19. The second-order valence-electron chi connectivity index (χ2n) is 1.84. The van der Waals surface area contributed by atoms with E-state index in [9.17, 15) is 4.79 Å². The van der Waals surface area contributed by atoms with Crippen molar-refractivity contribution in [3.63, 3.8) is 0 Å². The van der Waals surface area contributed by atoms with Crippen LogP contribution in [-0.2, 0) is 0 Å². The highest BCUT2D eigenvalue weighted by molar-refractivity contribution is 7.98. The highest BCUT2D eigenvalue weighted by atomic mass is 32.2. The second kappa shape index (κ2) is 3.39. The van der Waals surface area contributed by atoms with E-state index >= 15 is 0 Å². The van der Waals surface area contributed by atoms with Crippen LogP contribution >= 0.6 is 11.8 Å². The molecule has 0 saturated heterocycles. The molecule has 0 aliphatic carbocycles. The minimum absolute atomic E-state index is 0.192. The number of hydrogen-bond donors (Lipinski definition) is 1. The minimum atomic E-state index is -0.541. The number of amides is 1. The van der Waals surface area contributed by atoms with Gasteiger partial charge in [0.2, 0.25) is 0 Å². The number of carbonyl (C=O) groups excluding carboxylic acids is 1. The zero-order valence-corrected chi connectivity index (χ0v) is 6.81. The number of pyridine rings is 1. The Morgan fingerprint density at radius 1 is 1.82 bits per heavy atom. The van der Waals surface area contributed by atoms with Crippen molar-refractivity contribution in [1.82, 2.24) is 4.98 Å². The first-order valence-electron chi connectivity index (χ1n) is 2.96. The van der Waals surface area contributed by atoms with Gasteiger partial charge >= 0.3 is 0 Å². The SMILES string of the molecule is CSc1cc[c]c(C(N)=O)n1. The van der Waals surface area contributed by atoms with E-state index in [1.807, 2.05) is 6.26 Å². The van der Waals surface area contributed by atoms with E-state index in [1.54, 1.807) is 12.1 Å². The summed E-state index contributed by atoms with van der Waals surface area (Å²) in [6, 6.07) is 6.06. The molecule has 0 unspecified atom stereocenters. The summed E-state index contributed by atoms with van der Waals surface area (Å²) in [5.41, 5.74) is 5.19. The molecule has 0 aromatic carbocycles. The number of thioether (sulfide) groups is 1. The summed E-state index contributed by atoms with van der Waals surface area (Å²) < 4.78 is 0. The summed E-state index contributed by atoms with van der Waals surface area (Å²) in [5, 5.41) is 0.776. The molecule has 1 heterocycles. The van der Waals surface area contributed by atoms with Crippen LogP contribution in [0.4, 0.5) is 0 Å². The van der Waals surface area contributed by atoms with E-state index in [-0.39, 0.29) is 5.69 Å². The third kappa shape index (κ3) is 1.94. The van der Waals surface area contributed by atoms with Gasteiger partial charge in [-0.25, -0.2) is 4.98 Å². The monoisotopic (exact) mass is 167 g/mol. The maximum Gasteiger partial charge on any atom is 0.267 e. The molecular weight excluding hydrogens is 160 g/mol. The van der Waals surface area contributed by atoms with Crippen molar-refractivity contribution in [2.75, 3.05) is 6.26 Å². The zero-order chi connectivity index (χ0) is 8.27. The van der Waals surface area contributed by atoms with Gasteiger partial charge < -0.3 is 5.73 Å². The predicted octanol–water partition coefficient (Wildman–Crippen LogP) is 0.703. The Labute approximate surface area is 69.0 Å². The van der Waals surface area contributed by atoms with E-state index in [0.717, 1.165) is 5.03 Å². The van der Waals surface area contributed by atoms with Gasteiger partial charge in [-0.2, -0.15) is 0 Å². The van der Waals surface area contributed by atoms with Crippen LogP contribution in [-0.4, -0.2) is 17.1 Å². The Balaban J connectivity index is 3.01. The number of aromatic nitrogens is 1. The number of nitrogens with zero attached hydrogens (tertiary/aromatic N) is 1. The summed E-state index contributed by atoms with van der Waals surface area (Å²) >= 11 is 1.46. The first kappa shape index (κ1) is 8.07. The van der Waals surface area contributed by atoms with Crippen molar-refractivity contribution in [2.45, 2.75) is 5.03 Å². The van der Waals surface area contributed by atoms with Gasteiger partial charge in [-0.1, -0.05) is 0 Å². The van der Waals surface area contributed by atoms with Crippen LogP contribution < -0.4 is 5.73 Å². The standard InChI is InChI=1S/C7H7N2OS/c1-11-6-4-2-3-5(9-6)7(8)10/h2,4H,1H3,(H2,8,10). The van der Waals surface area contributed by atoms with Crippen molar-refractivity contribution in [3.8, 4) is 0 Å². The lowest BCUT2D eigenvalue weighted by Crippen LogP contribution is -2.13. The van der Waals surface area contributed by atoms with Crippen molar-refractivity contribution < 1.29 is 4.79 Å². The molecule has 0 saturated carbocycles. The Bertz CT molecular complexity index is 275. The van der Waals surface area contributed by atoms with Crippen LogP contribution in [0.2, 0.25) is 0 Å². The van der Waals surface area contributed by atoms with Crippen LogP contribution in [0.5, 0.6) is 0 Å². The van der Waals surface area contributed by atoms with Crippen LogP contribution in [0.3, 0.4) is 0 Å². The quantitative estimate of drug-likeness (QED) is 0.660. The number of primary amides is 1. The first-order chi connectivity index (χ1) is 5.24. The third-order valence-corrected chi connectivity index (χ3v) is 1.76. The third-order valence-electron chi connectivity index (χ3n) is 1.11. The Kier molecular flexibility index (Phi) is 2.48. The number of hydrogen-bond acceptors (Lipinski definition) is 3. The van der Waals surface area contributed by atoms with Crippen LogP contribution in [0.15, 0.2) is 17.2 Å². The van der Waals surface area contributed by atoms with Gasteiger partial charge in [0.05, 0.1) is 5.03 Å². The molecule has 1 aromatic rings. The van der Waals surface area contributed by atoms with Gasteiger partial charge in [-0.15, -0.1) is 11.8 Å². The maximum atomic E-state index is 10.6. The molecule has 0 spiro atoms. The number of carbonyl (C=O) groups is 1. The average molecular weight is 167 g/mol. The van der Waals surface area contributed by atoms with Gasteiger partial charge in [0.15, 0.2) is 0 Å². The highest BCUT2D eigenvalue weighted by Gasteiger charge is 2.01. The fourth-order valence-electron chi connectivity index (χ4n) is 0.612. The van der Waals surface area contributed by atoms with Crippen molar-refractivity contribution in [1.29, 1.82) is 0 Å². The molecule has 0 aliphatic heterocycles. The summed E-state index contributed by atoms with van der Waals surface area (Å²) in [7, 11) is 0. The summed E-state index contributed by atoms with van der Waals surface area (Å²) in [6.45, 7) is 0. The summed E-state index contributed by atoms with van der Waals surface area (Å²) in [6.07, 6.45) is 1.88. The average Bonchev–Trinajstić information content (AvgIpc) is 2.05. The summed E-state index contributed by atoms with van der Waals surface area (Å²) in [5.74, 6) is -0.541. The van der Waals surface area contributed by atoms with Crippen molar-refractivity contribution >= 4 is 17.7 Å². The molecule has 1 aromatic heterocycles. The number of rotatable bonds is 2. The molecular formula is C7H7N2OS. The van der Waals surface area contributed by atoms with E-state index in [1.165, 1.54) is 11.8 Å². The number of nitrogens with two attached hydrogens (primary N) is 1. The lowest BCUT2D eigenvalue weighted by atomic mass is 10.3. The van der Waals surface area contributed by atoms with Crippen LogP contribution in [0.25, 0.3) is 0 Å². The molecule has 0 fully saturated rings. The molecule has 3 nitrogen and oxygen atoms in total. The van der Waals surface area contributed by atoms with Crippen molar-refractivity contribution in [2.24, 2.45) is 5.73 Å². The van der Waals surface area contributed by atoms with Gasteiger partial charge in [0.1, 0.15) is 5.69 Å². The normalized spacial score (nSPS) is 9.55. The second-order valence-corrected chi connectivity index (χ2v) is 2.67. The molecule has 1 rings (SSSR count). The molecule has 1 radical (unpaired) electrons. The van der Waals surface area contributed by atoms with Gasteiger partial charge in [-0.3, -0.25) is 4.79 Å². The highest BCUT2D eigenvalue weighted by Crippen LogP contribution is 2.10. The largest absolute Gasteiger partial charge is 0.364 e. The van der Waals surface area contributed by atoms with E-state index in [2.05, 4.69) is 11.1 Å². The van der Waals surface area contributed by atoms with Crippen molar-refractivity contribution in [3.05, 3.63) is 23.9 Å². The van der Waals surface area contributed by atoms with E-state index < -0.39 is 5.91 Å². The van der Waals surface area contributed by atoms with Gasteiger partial charge in [0.25, 0.3) is 5.91 Å². The van der Waals surface area contributed by atoms with Gasteiger partial charge in [-0.05, 0) is 18.4 Å². The lowest BCUT2D eigenvalue weighted by Gasteiger charge is -1.95. The molecule has 0 atom stereocenters. The zero-order valence-electron chi connectivity index (χ0n) is 6.00.